The Morgan fingerprint density at radius 3 is 2.72 bits per heavy atom. The number of H-pyrrole nitrogens is 2. The Labute approximate surface area is 203 Å². The van der Waals surface area contributed by atoms with E-state index in [9.17, 15) is 19.5 Å². The second-order valence-corrected chi connectivity index (χ2v) is 9.12. The molecule has 1 aliphatic rings. The van der Waals surface area contributed by atoms with Crippen LogP contribution in [0.1, 0.15) is 25.8 Å². The summed E-state index contributed by atoms with van der Waals surface area (Å²) in [5.74, 6) is -0.331. The molecule has 6 rings (SSSR count). The fourth-order valence-corrected chi connectivity index (χ4v) is 5.01. The van der Waals surface area contributed by atoms with Gasteiger partial charge < -0.3 is 10.0 Å². The molecule has 1 amide bonds. The minimum Gasteiger partial charge on any atom is -0.384 e. The van der Waals surface area contributed by atoms with Crippen molar-refractivity contribution in [2.24, 2.45) is 0 Å². The van der Waals surface area contributed by atoms with E-state index in [4.69, 9.17) is 4.98 Å². The van der Waals surface area contributed by atoms with Crippen molar-refractivity contribution in [2.45, 2.75) is 31.9 Å². The van der Waals surface area contributed by atoms with Crippen LogP contribution < -0.4 is 11.2 Å². The van der Waals surface area contributed by atoms with Gasteiger partial charge in [0.1, 0.15) is 11.6 Å². The summed E-state index contributed by atoms with van der Waals surface area (Å²) >= 11 is 0. The summed E-state index contributed by atoms with van der Waals surface area (Å²) in [4.78, 5) is 51.4. The first-order chi connectivity index (χ1) is 17.4. The van der Waals surface area contributed by atoms with Crippen molar-refractivity contribution < 1.29 is 9.90 Å². The van der Waals surface area contributed by atoms with E-state index in [-0.39, 0.29) is 17.3 Å². The number of carbonyl (C=O) groups is 1. The molecule has 0 saturated carbocycles. The summed E-state index contributed by atoms with van der Waals surface area (Å²) in [5.41, 5.74) is 2.87. The van der Waals surface area contributed by atoms with Crippen molar-refractivity contribution in [3.8, 4) is 11.3 Å². The Bertz CT molecular complexity index is 1760. The molecule has 1 fully saturated rings. The van der Waals surface area contributed by atoms with Gasteiger partial charge in [0, 0.05) is 36.3 Å². The largest absolute Gasteiger partial charge is 0.384 e. The van der Waals surface area contributed by atoms with Crippen molar-refractivity contribution in [3.63, 3.8) is 0 Å². The van der Waals surface area contributed by atoms with Crippen LogP contribution in [0.4, 0.5) is 0 Å². The predicted molar refractivity (Wildman–Crippen MR) is 134 cm³/mol. The Morgan fingerprint density at radius 1 is 1.14 bits per heavy atom. The van der Waals surface area contributed by atoms with Gasteiger partial charge in [-0.15, -0.1) is 0 Å². The predicted octanol–water partition coefficient (Wildman–Crippen LogP) is 1.72. The van der Waals surface area contributed by atoms with Crippen LogP contribution >= 0.6 is 0 Å². The number of aliphatic hydroxyl groups is 1. The van der Waals surface area contributed by atoms with Crippen molar-refractivity contribution in [1.82, 2.24) is 34.6 Å². The third kappa shape index (κ3) is 3.55. The maximum atomic E-state index is 13.1. The summed E-state index contributed by atoms with van der Waals surface area (Å²) in [6, 6.07) is 9.26. The number of rotatable bonds is 3. The van der Waals surface area contributed by atoms with E-state index in [1.807, 2.05) is 30.3 Å². The number of fused-ring (bicyclic) bond motifs is 4. The van der Waals surface area contributed by atoms with Crippen LogP contribution in [-0.2, 0) is 4.79 Å². The molecular formula is C25H23N7O4. The fourth-order valence-electron chi connectivity index (χ4n) is 5.01. The minimum absolute atomic E-state index is 0.256. The van der Waals surface area contributed by atoms with Crippen molar-refractivity contribution in [1.29, 1.82) is 0 Å². The third-order valence-electron chi connectivity index (χ3n) is 6.85. The van der Waals surface area contributed by atoms with Crippen molar-refractivity contribution >= 4 is 38.7 Å². The average molecular weight is 486 g/mol. The molecule has 4 aromatic heterocycles. The van der Waals surface area contributed by atoms with Gasteiger partial charge in [-0.2, -0.15) is 5.10 Å². The highest BCUT2D eigenvalue weighted by Gasteiger charge is 2.28. The SMILES string of the molecule is C[C@@H](O)C(=O)N1CCC(n2c(=O)[nH]c(=O)c3cnc4ccc(-c5ccc6[nH]ncc6c5)nc4c32)CC1. The molecule has 0 spiro atoms. The number of nitrogens with zero attached hydrogens (tertiary/aromatic N) is 5. The molecular weight excluding hydrogens is 462 g/mol. The molecule has 11 heteroatoms. The van der Waals surface area contributed by atoms with E-state index in [1.54, 1.807) is 15.7 Å². The average Bonchev–Trinajstić information content (AvgIpc) is 3.36. The Balaban J connectivity index is 1.51. The van der Waals surface area contributed by atoms with E-state index < -0.39 is 17.4 Å². The first-order valence-corrected chi connectivity index (χ1v) is 11.8. The number of aromatic nitrogens is 6. The zero-order chi connectivity index (χ0) is 25.0. The van der Waals surface area contributed by atoms with Crippen LogP contribution in [-0.4, -0.2) is 64.8 Å². The molecule has 36 heavy (non-hydrogen) atoms. The van der Waals surface area contributed by atoms with Crippen LogP contribution in [0.3, 0.4) is 0 Å². The van der Waals surface area contributed by atoms with Gasteiger partial charge in [-0.3, -0.25) is 29.2 Å². The third-order valence-corrected chi connectivity index (χ3v) is 6.85. The van der Waals surface area contributed by atoms with Crippen LogP contribution in [0.15, 0.2) is 52.3 Å². The molecule has 5 aromatic rings. The molecule has 5 heterocycles. The lowest BCUT2D eigenvalue weighted by molar-refractivity contribution is -0.140. The summed E-state index contributed by atoms with van der Waals surface area (Å²) in [5, 5.41) is 17.9. The highest BCUT2D eigenvalue weighted by Crippen LogP contribution is 2.29. The highest BCUT2D eigenvalue weighted by atomic mass is 16.3. The number of benzene rings is 1. The zero-order valence-electron chi connectivity index (χ0n) is 19.4. The van der Waals surface area contributed by atoms with E-state index in [2.05, 4.69) is 20.2 Å². The van der Waals surface area contributed by atoms with Gasteiger partial charge in [-0.05, 0) is 44.0 Å². The number of hydrogen-bond donors (Lipinski definition) is 3. The van der Waals surface area contributed by atoms with E-state index in [1.165, 1.54) is 13.1 Å². The summed E-state index contributed by atoms with van der Waals surface area (Å²) in [6.45, 7) is 2.24. The first-order valence-electron chi connectivity index (χ1n) is 11.8. The highest BCUT2D eigenvalue weighted by molar-refractivity contribution is 6.01. The van der Waals surface area contributed by atoms with Gasteiger partial charge in [-0.1, -0.05) is 6.07 Å². The van der Waals surface area contributed by atoms with Crippen LogP contribution in [0.2, 0.25) is 0 Å². The lowest BCUT2D eigenvalue weighted by Crippen LogP contribution is -2.45. The Kier molecular flexibility index (Phi) is 5.15. The summed E-state index contributed by atoms with van der Waals surface area (Å²) in [7, 11) is 0. The monoisotopic (exact) mass is 485 g/mol. The molecule has 0 radical (unpaired) electrons. The topological polar surface area (TPSA) is 150 Å². The van der Waals surface area contributed by atoms with Crippen LogP contribution in [0.25, 0.3) is 44.1 Å². The lowest BCUT2D eigenvalue weighted by Gasteiger charge is -2.34. The van der Waals surface area contributed by atoms with E-state index in [0.717, 1.165) is 16.5 Å². The van der Waals surface area contributed by atoms with E-state index in [0.29, 0.717) is 48.2 Å². The number of piperidine rings is 1. The zero-order valence-corrected chi connectivity index (χ0v) is 19.4. The fraction of sp³-hybridized carbons (Fsp3) is 0.280. The summed E-state index contributed by atoms with van der Waals surface area (Å²) < 4.78 is 1.58. The number of aliphatic hydroxyl groups excluding tert-OH is 1. The maximum absolute atomic E-state index is 13.1. The molecule has 1 aromatic carbocycles. The van der Waals surface area contributed by atoms with Crippen LogP contribution in [0, 0.1) is 0 Å². The Hall–Kier alpha value is -4.38. The quantitative estimate of drug-likeness (QED) is 0.329. The van der Waals surface area contributed by atoms with Crippen molar-refractivity contribution in [3.05, 3.63) is 63.6 Å². The number of likely N-dealkylation sites (tertiary alicyclic amines) is 1. The number of carbonyl (C=O) groups excluding carboxylic acids is 1. The smallest absolute Gasteiger partial charge is 0.329 e. The van der Waals surface area contributed by atoms with Gasteiger partial charge in [0.2, 0.25) is 0 Å². The number of nitrogens with one attached hydrogen (secondary N) is 2. The molecule has 0 unspecified atom stereocenters. The number of pyridine rings is 2. The normalized spacial score (nSPS) is 15.7. The molecule has 1 atom stereocenters. The second kappa shape index (κ2) is 8.38. The summed E-state index contributed by atoms with van der Waals surface area (Å²) in [6.07, 6.45) is 3.14. The van der Waals surface area contributed by atoms with Gasteiger partial charge in [-0.25, -0.2) is 9.78 Å². The minimum atomic E-state index is -1.07. The Morgan fingerprint density at radius 2 is 1.94 bits per heavy atom. The molecule has 1 aliphatic heterocycles. The molecule has 0 aliphatic carbocycles. The number of amides is 1. The molecule has 0 bridgehead atoms. The van der Waals surface area contributed by atoms with Gasteiger partial charge >= 0.3 is 5.69 Å². The second-order valence-electron chi connectivity index (χ2n) is 9.12. The van der Waals surface area contributed by atoms with Crippen LogP contribution in [0.5, 0.6) is 0 Å². The molecule has 11 nitrogen and oxygen atoms in total. The maximum Gasteiger partial charge on any atom is 0.329 e. The number of aromatic amines is 2. The lowest BCUT2D eigenvalue weighted by atomic mass is 10.0. The molecule has 1 saturated heterocycles. The molecule has 3 N–H and O–H groups in total. The van der Waals surface area contributed by atoms with E-state index >= 15 is 0 Å². The van der Waals surface area contributed by atoms with Crippen molar-refractivity contribution in [2.75, 3.05) is 13.1 Å². The first kappa shape index (κ1) is 22.1. The standard InChI is InChI=1S/C25H23N7O4/c1-13(33)24(35)31-8-6-16(7-9-31)32-22-17(23(34)29-25(32)36)12-26-20-5-4-18(28-21(20)22)14-2-3-19-15(10-14)11-27-30-19/h2-5,10-13,16,33H,6-9H2,1H3,(H,27,30)(H,29,34,36)/t13-/m1/s1. The molecule has 182 valence electrons. The van der Waals surface area contributed by atoms with Gasteiger partial charge in [0.05, 0.1) is 33.8 Å². The van der Waals surface area contributed by atoms with Gasteiger partial charge in [0.15, 0.2) is 0 Å². The van der Waals surface area contributed by atoms with Gasteiger partial charge in [0.25, 0.3) is 11.5 Å². The number of hydrogen-bond acceptors (Lipinski definition) is 7.